The molecule has 0 fully saturated rings. The molecule has 0 aliphatic carbocycles. The van der Waals surface area contributed by atoms with Gasteiger partial charge in [0, 0.05) is 7.05 Å². The molecule has 21 heavy (non-hydrogen) atoms. The molecule has 0 heterocycles. The summed E-state index contributed by atoms with van der Waals surface area (Å²) in [6, 6.07) is 0. The SMILES string of the molecule is CNC(=O)C(C[C@H](C)CC(C(N)=O)C(=O)OC)C(=O)OC. The number of methoxy groups -OCH3 is 2. The van der Waals surface area contributed by atoms with Crippen LogP contribution in [0.25, 0.3) is 0 Å². The Bertz CT molecular complexity index is 393. The summed E-state index contributed by atoms with van der Waals surface area (Å²) in [4.78, 5) is 46.0. The molecule has 0 radical (unpaired) electrons. The van der Waals surface area contributed by atoms with E-state index in [1.807, 2.05) is 0 Å². The fraction of sp³-hybridized carbons (Fsp3) is 0.692. The molecule has 2 amide bonds. The maximum atomic E-state index is 11.7. The molecule has 0 aromatic carbocycles. The van der Waals surface area contributed by atoms with Gasteiger partial charge < -0.3 is 20.5 Å². The number of hydrogen-bond donors (Lipinski definition) is 2. The molecule has 8 heteroatoms. The van der Waals surface area contributed by atoms with E-state index in [9.17, 15) is 19.2 Å². The van der Waals surface area contributed by atoms with Crippen LogP contribution in [-0.2, 0) is 28.7 Å². The van der Waals surface area contributed by atoms with Crippen LogP contribution in [0.1, 0.15) is 19.8 Å². The topological polar surface area (TPSA) is 125 Å². The van der Waals surface area contributed by atoms with Gasteiger partial charge in [-0.3, -0.25) is 19.2 Å². The number of ether oxygens (including phenoxy) is 2. The van der Waals surface area contributed by atoms with Crippen LogP contribution >= 0.6 is 0 Å². The van der Waals surface area contributed by atoms with E-state index in [1.165, 1.54) is 14.2 Å². The van der Waals surface area contributed by atoms with Gasteiger partial charge in [-0.2, -0.15) is 0 Å². The molecular weight excluding hydrogens is 280 g/mol. The van der Waals surface area contributed by atoms with Gasteiger partial charge in [0.05, 0.1) is 14.2 Å². The number of rotatable bonds is 8. The number of amides is 2. The molecule has 0 bridgehead atoms. The first-order chi connectivity index (χ1) is 9.78. The molecule has 0 aliphatic rings. The van der Waals surface area contributed by atoms with Gasteiger partial charge in [-0.05, 0) is 18.8 Å². The van der Waals surface area contributed by atoms with E-state index in [2.05, 4.69) is 14.8 Å². The summed E-state index contributed by atoms with van der Waals surface area (Å²) in [5.74, 6) is -5.08. The van der Waals surface area contributed by atoms with E-state index >= 15 is 0 Å². The number of esters is 2. The minimum Gasteiger partial charge on any atom is -0.468 e. The van der Waals surface area contributed by atoms with Gasteiger partial charge in [0.2, 0.25) is 11.8 Å². The molecule has 3 atom stereocenters. The number of nitrogens with one attached hydrogen (secondary N) is 1. The van der Waals surface area contributed by atoms with Crippen molar-refractivity contribution in [2.75, 3.05) is 21.3 Å². The second kappa shape index (κ2) is 8.93. The zero-order chi connectivity index (χ0) is 16.6. The van der Waals surface area contributed by atoms with Crippen molar-refractivity contribution in [2.45, 2.75) is 19.8 Å². The average molecular weight is 302 g/mol. The Hall–Kier alpha value is -2.12. The molecule has 0 aliphatic heterocycles. The number of primary amides is 1. The second-order valence-electron chi connectivity index (χ2n) is 4.74. The third-order valence-electron chi connectivity index (χ3n) is 3.15. The van der Waals surface area contributed by atoms with Crippen LogP contribution in [0.4, 0.5) is 0 Å². The van der Waals surface area contributed by atoms with Gasteiger partial charge in [0.25, 0.3) is 0 Å². The van der Waals surface area contributed by atoms with Crippen molar-refractivity contribution < 1.29 is 28.7 Å². The van der Waals surface area contributed by atoms with E-state index < -0.39 is 35.6 Å². The van der Waals surface area contributed by atoms with E-state index in [0.717, 1.165) is 7.11 Å². The van der Waals surface area contributed by atoms with Crippen molar-refractivity contribution in [1.29, 1.82) is 0 Å². The molecule has 2 unspecified atom stereocenters. The number of hydrogen-bond acceptors (Lipinski definition) is 6. The van der Waals surface area contributed by atoms with Gasteiger partial charge in [-0.15, -0.1) is 0 Å². The number of nitrogens with two attached hydrogens (primary N) is 1. The van der Waals surface area contributed by atoms with Crippen LogP contribution in [0, 0.1) is 17.8 Å². The molecule has 0 spiro atoms. The zero-order valence-corrected chi connectivity index (χ0v) is 12.7. The van der Waals surface area contributed by atoms with Crippen LogP contribution in [0.15, 0.2) is 0 Å². The molecule has 0 saturated carbocycles. The Labute approximate surface area is 123 Å². The molecule has 3 N–H and O–H groups in total. The minimum absolute atomic E-state index is 0.0898. The highest BCUT2D eigenvalue weighted by Crippen LogP contribution is 2.22. The molecule has 0 rings (SSSR count). The highest BCUT2D eigenvalue weighted by molar-refractivity contribution is 5.98. The van der Waals surface area contributed by atoms with Gasteiger partial charge in [0.15, 0.2) is 0 Å². The summed E-state index contributed by atoms with van der Waals surface area (Å²) in [7, 11) is 3.75. The Balaban J connectivity index is 4.86. The molecule has 0 saturated heterocycles. The van der Waals surface area contributed by atoms with Crippen molar-refractivity contribution in [1.82, 2.24) is 5.32 Å². The van der Waals surface area contributed by atoms with E-state index in [-0.39, 0.29) is 18.8 Å². The van der Waals surface area contributed by atoms with E-state index in [1.54, 1.807) is 6.92 Å². The Morgan fingerprint density at radius 1 is 1.00 bits per heavy atom. The van der Waals surface area contributed by atoms with E-state index in [4.69, 9.17) is 5.73 Å². The predicted octanol–water partition coefficient (Wildman–Crippen LogP) is -0.788. The smallest absolute Gasteiger partial charge is 0.318 e. The maximum Gasteiger partial charge on any atom is 0.318 e. The van der Waals surface area contributed by atoms with Crippen molar-refractivity contribution in [3.05, 3.63) is 0 Å². The van der Waals surface area contributed by atoms with Gasteiger partial charge in [-0.25, -0.2) is 0 Å². The molecule has 120 valence electrons. The predicted molar refractivity (Wildman–Crippen MR) is 72.7 cm³/mol. The first-order valence-electron chi connectivity index (χ1n) is 6.44. The lowest BCUT2D eigenvalue weighted by Gasteiger charge is -2.20. The molecule has 0 aromatic rings. The van der Waals surface area contributed by atoms with Gasteiger partial charge in [0.1, 0.15) is 11.8 Å². The third-order valence-corrected chi connectivity index (χ3v) is 3.15. The van der Waals surface area contributed by atoms with Crippen LogP contribution in [0.3, 0.4) is 0 Å². The van der Waals surface area contributed by atoms with Gasteiger partial charge in [-0.1, -0.05) is 6.92 Å². The lowest BCUT2D eigenvalue weighted by Crippen LogP contribution is -2.37. The Morgan fingerprint density at radius 2 is 1.43 bits per heavy atom. The molecule has 8 nitrogen and oxygen atoms in total. The Morgan fingerprint density at radius 3 is 1.81 bits per heavy atom. The fourth-order valence-electron chi connectivity index (χ4n) is 2.00. The summed E-state index contributed by atoms with van der Waals surface area (Å²) in [6.45, 7) is 1.71. The largest absolute Gasteiger partial charge is 0.468 e. The highest BCUT2D eigenvalue weighted by atomic mass is 16.5. The van der Waals surface area contributed by atoms with Gasteiger partial charge >= 0.3 is 11.9 Å². The summed E-state index contributed by atoms with van der Waals surface area (Å²) in [5.41, 5.74) is 5.15. The minimum atomic E-state index is -1.10. The van der Waals surface area contributed by atoms with Crippen molar-refractivity contribution in [2.24, 2.45) is 23.5 Å². The summed E-state index contributed by atoms with van der Waals surface area (Å²) >= 11 is 0. The number of carbonyl (C=O) groups excluding carboxylic acids is 4. The normalized spacial score (nSPS) is 14.5. The maximum absolute atomic E-state index is 11.7. The number of carbonyl (C=O) groups is 4. The second-order valence-corrected chi connectivity index (χ2v) is 4.74. The van der Waals surface area contributed by atoms with Crippen molar-refractivity contribution in [3.63, 3.8) is 0 Å². The molecule has 0 aromatic heterocycles. The van der Waals surface area contributed by atoms with Crippen LogP contribution < -0.4 is 11.1 Å². The van der Waals surface area contributed by atoms with Crippen LogP contribution in [-0.4, -0.2) is 45.0 Å². The monoisotopic (exact) mass is 302 g/mol. The van der Waals surface area contributed by atoms with Crippen molar-refractivity contribution in [3.8, 4) is 0 Å². The summed E-state index contributed by atoms with van der Waals surface area (Å²) in [6.07, 6.45) is 0.222. The van der Waals surface area contributed by atoms with Crippen LogP contribution in [0.5, 0.6) is 0 Å². The first-order valence-corrected chi connectivity index (χ1v) is 6.44. The Kier molecular flexibility index (Phi) is 8.03. The highest BCUT2D eigenvalue weighted by Gasteiger charge is 2.32. The van der Waals surface area contributed by atoms with Crippen molar-refractivity contribution >= 4 is 23.8 Å². The lowest BCUT2D eigenvalue weighted by molar-refractivity contribution is -0.150. The van der Waals surface area contributed by atoms with E-state index in [0.29, 0.717) is 0 Å². The summed E-state index contributed by atoms with van der Waals surface area (Å²) in [5, 5.41) is 2.37. The first kappa shape index (κ1) is 18.9. The quantitative estimate of drug-likeness (QED) is 0.447. The standard InChI is InChI=1S/C13H22N2O6/c1-7(5-8(10(14)16)12(18)20-3)6-9(11(17)15-2)13(19)21-4/h7-9H,5-6H2,1-4H3,(H2,14,16)(H,15,17)/t7-,8?,9?/m1/s1. The fourth-order valence-corrected chi connectivity index (χ4v) is 2.00. The lowest BCUT2D eigenvalue weighted by atomic mass is 9.87. The zero-order valence-electron chi connectivity index (χ0n) is 12.7. The van der Waals surface area contributed by atoms with Crippen LogP contribution in [0.2, 0.25) is 0 Å². The summed E-state index contributed by atoms with van der Waals surface area (Å²) < 4.78 is 9.08. The molecular formula is C13H22N2O6. The average Bonchev–Trinajstić information content (AvgIpc) is 2.47. The third kappa shape index (κ3) is 5.80.